The lowest BCUT2D eigenvalue weighted by molar-refractivity contribution is 0.0950. The van der Waals surface area contributed by atoms with Gasteiger partial charge in [0, 0.05) is 24.0 Å². The molecule has 0 spiro atoms. The van der Waals surface area contributed by atoms with Crippen molar-refractivity contribution in [1.29, 1.82) is 0 Å². The van der Waals surface area contributed by atoms with Crippen LogP contribution in [0.5, 0.6) is 0 Å². The maximum absolute atomic E-state index is 12.8. The Hall–Kier alpha value is -2.76. The summed E-state index contributed by atoms with van der Waals surface area (Å²) < 4.78 is 2.35. The fourth-order valence-corrected chi connectivity index (χ4v) is 4.38. The van der Waals surface area contributed by atoms with E-state index in [-0.39, 0.29) is 11.6 Å². The summed E-state index contributed by atoms with van der Waals surface area (Å²) >= 11 is 0. The molecule has 2 heterocycles. The smallest absolute Gasteiger partial charge is 0.323 e. The summed E-state index contributed by atoms with van der Waals surface area (Å²) in [7, 11) is 0. The average Bonchev–Trinajstić information content (AvgIpc) is 3.18. The van der Waals surface area contributed by atoms with Crippen molar-refractivity contribution in [1.82, 2.24) is 19.9 Å². The van der Waals surface area contributed by atoms with Crippen LogP contribution in [0.25, 0.3) is 11.0 Å². The van der Waals surface area contributed by atoms with Gasteiger partial charge in [-0.3, -0.25) is 4.79 Å². The Kier molecular flexibility index (Phi) is 4.64. The van der Waals surface area contributed by atoms with E-state index in [1.54, 1.807) is 0 Å². The van der Waals surface area contributed by atoms with Crippen molar-refractivity contribution >= 4 is 16.9 Å². The zero-order valence-corrected chi connectivity index (χ0v) is 15.9. The number of aromatic nitrogens is 3. The number of rotatable bonds is 4. The number of hydrogen-bond acceptors (Lipinski definition) is 2. The standard InChI is InChI=1S/C21H26N4O2/c1-13-10-17(14(2)25(13)16-6-4-3-5-7-16)20(26)22-12-15-8-9-18-19(11-15)24-21(27)23-18/h8-11,16H,3-7,12H2,1-2H3,(H,22,26)(H2,23,24,27). The second-order valence-electron chi connectivity index (χ2n) is 7.59. The van der Waals surface area contributed by atoms with Crippen LogP contribution < -0.4 is 11.0 Å². The molecule has 1 saturated carbocycles. The molecule has 1 aliphatic carbocycles. The number of aromatic amines is 2. The molecule has 6 heteroatoms. The largest absolute Gasteiger partial charge is 0.348 e. The molecule has 0 aliphatic heterocycles. The van der Waals surface area contributed by atoms with E-state index in [0.717, 1.165) is 33.5 Å². The first-order valence-corrected chi connectivity index (χ1v) is 9.70. The van der Waals surface area contributed by atoms with Gasteiger partial charge in [-0.2, -0.15) is 0 Å². The van der Waals surface area contributed by atoms with Gasteiger partial charge < -0.3 is 19.9 Å². The molecule has 142 valence electrons. The third-order valence-corrected chi connectivity index (χ3v) is 5.70. The van der Waals surface area contributed by atoms with Gasteiger partial charge in [0.25, 0.3) is 5.91 Å². The highest BCUT2D eigenvalue weighted by Gasteiger charge is 2.22. The summed E-state index contributed by atoms with van der Waals surface area (Å²) in [5.41, 5.74) is 5.23. The van der Waals surface area contributed by atoms with Gasteiger partial charge in [0.05, 0.1) is 16.6 Å². The number of benzene rings is 1. The summed E-state index contributed by atoms with van der Waals surface area (Å²) in [5, 5.41) is 3.02. The molecule has 1 amide bonds. The van der Waals surface area contributed by atoms with Gasteiger partial charge in [-0.05, 0) is 50.5 Å². The molecule has 1 fully saturated rings. The van der Waals surface area contributed by atoms with E-state index in [9.17, 15) is 9.59 Å². The third-order valence-electron chi connectivity index (χ3n) is 5.70. The summed E-state index contributed by atoms with van der Waals surface area (Å²) in [6.07, 6.45) is 6.26. The Morgan fingerprint density at radius 2 is 1.85 bits per heavy atom. The normalized spacial score (nSPS) is 15.3. The van der Waals surface area contributed by atoms with Gasteiger partial charge in [0.2, 0.25) is 0 Å². The molecule has 27 heavy (non-hydrogen) atoms. The monoisotopic (exact) mass is 366 g/mol. The van der Waals surface area contributed by atoms with Crippen LogP contribution in [-0.4, -0.2) is 20.4 Å². The summed E-state index contributed by atoms with van der Waals surface area (Å²) in [6, 6.07) is 8.18. The van der Waals surface area contributed by atoms with Crippen LogP contribution in [0.2, 0.25) is 0 Å². The molecule has 3 aromatic rings. The molecule has 2 aromatic heterocycles. The van der Waals surface area contributed by atoms with Gasteiger partial charge >= 0.3 is 5.69 Å². The molecule has 3 N–H and O–H groups in total. The van der Waals surface area contributed by atoms with Crippen molar-refractivity contribution in [3.63, 3.8) is 0 Å². The quantitative estimate of drug-likeness (QED) is 0.658. The number of amides is 1. The van der Waals surface area contributed by atoms with Crippen molar-refractivity contribution in [3.05, 3.63) is 57.3 Å². The Morgan fingerprint density at radius 1 is 1.11 bits per heavy atom. The number of carbonyl (C=O) groups is 1. The highest BCUT2D eigenvalue weighted by Crippen LogP contribution is 2.32. The van der Waals surface area contributed by atoms with Crippen LogP contribution in [-0.2, 0) is 6.54 Å². The van der Waals surface area contributed by atoms with Gasteiger partial charge in [0.15, 0.2) is 0 Å². The van der Waals surface area contributed by atoms with E-state index in [4.69, 9.17) is 0 Å². The van der Waals surface area contributed by atoms with Gasteiger partial charge in [0.1, 0.15) is 0 Å². The topological polar surface area (TPSA) is 82.7 Å². The fraction of sp³-hybridized carbons (Fsp3) is 0.429. The third kappa shape index (κ3) is 3.44. The fourth-order valence-electron chi connectivity index (χ4n) is 4.38. The maximum Gasteiger partial charge on any atom is 0.323 e. The van der Waals surface area contributed by atoms with Crippen LogP contribution >= 0.6 is 0 Å². The molecule has 4 rings (SSSR count). The molecule has 0 unspecified atom stereocenters. The second-order valence-corrected chi connectivity index (χ2v) is 7.59. The number of nitrogens with one attached hydrogen (secondary N) is 3. The average molecular weight is 366 g/mol. The van der Waals surface area contributed by atoms with Crippen molar-refractivity contribution in [2.45, 2.75) is 58.5 Å². The molecule has 0 bridgehead atoms. The Labute approximate surface area is 158 Å². The number of hydrogen-bond donors (Lipinski definition) is 3. The lowest BCUT2D eigenvalue weighted by Gasteiger charge is -2.26. The SMILES string of the molecule is Cc1cc(C(=O)NCc2ccc3[nH]c(=O)[nH]c3c2)c(C)n1C1CCCCC1. The number of fused-ring (bicyclic) bond motifs is 1. The van der Waals surface area contributed by atoms with Gasteiger partial charge in [-0.25, -0.2) is 4.79 Å². The number of H-pyrrole nitrogens is 2. The zero-order valence-electron chi connectivity index (χ0n) is 15.9. The van der Waals surface area contributed by atoms with Gasteiger partial charge in [-0.15, -0.1) is 0 Å². The van der Waals surface area contributed by atoms with Crippen LogP contribution in [0.1, 0.15) is 65.5 Å². The number of imidazole rings is 1. The van der Waals surface area contributed by atoms with E-state index >= 15 is 0 Å². The number of nitrogens with zero attached hydrogens (tertiary/aromatic N) is 1. The first-order valence-electron chi connectivity index (χ1n) is 9.70. The lowest BCUT2D eigenvalue weighted by atomic mass is 9.95. The van der Waals surface area contributed by atoms with Crippen LogP contribution in [0, 0.1) is 13.8 Å². The highest BCUT2D eigenvalue weighted by molar-refractivity contribution is 5.95. The van der Waals surface area contributed by atoms with Crippen molar-refractivity contribution < 1.29 is 4.79 Å². The van der Waals surface area contributed by atoms with Crippen LogP contribution in [0.3, 0.4) is 0 Å². The number of aryl methyl sites for hydroxylation is 1. The predicted molar refractivity (Wildman–Crippen MR) is 106 cm³/mol. The summed E-state index contributed by atoms with van der Waals surface area (Å²) in [6.45, 7) is 4.57. The lowest BCUT2D eigenvalue weighted by Crippen LogP contribution is -2.24. The summed E-state index contributed by atoms with van der Waals surface area (Å²) in [5.74, 6) is -0.0483. The molecule has 0 radical (unpaired) electrons. The van der Waals surface area contributed by atoms with Crippen LogP contribution in [0.15, 0.2) is 29.1 Å². The maximum atomic E-state index is 12.8. The van der Waals surface area contributed by atoms with E-state index < -0.39 is 0 Å². The van der Waals surface area contributed by atoms with Crippen molar-refractivity contribution in [2.24, 2.45) is 0 Å². The first-order chi connectivity index (χ1) is 13.0. The van der Waals surface area contributed by atoms with Crippen molar-refractivity contribution in [3.8, 4) is 0 Å². The molecule has 1 aromatic carbocycles. The zero-order chi connectivity index (χ0) is 19.0. The minimum atomic E-state index is -0.221. The molecule has 0 atom stereocenters. The van der Waals surface area contributed by atoms with Crippen LogP contribution in [0.4, 0.5) is 0 Å². The molecular weight excluding hydrogens is 340 g/mol. The van der Waals surface area contributed by atoms with E-state index in [1.807, 2.05) is 31.2 Å². The number of carbonyl (C=O) groups excluding carboxylic acids is 1. The van der Waals surface area contributed by atoms with E-state index in [2.05, 4.69) is 26.8 Å². The first kappa shape index (κ1) is 17.6. The molecule has 6 nitrogen and oxygen atoms in total. The Morgan fingerprint density at radius 3 is 2.63 bits per heavy atom. The van der Waals surface area contributed by atoms with Crippen molar-refractivity contribution in [2.75, 3.05) is 0 Å². The second kappa shape index (κ2) is 7.10. The Balaban J connectivity index is 1.49. The molecule has 1 aliphatic rings. The van der Waals surface area contributed by atoms with E-state index in [0.29, 0.717) is 12.6 Å². The summed E-state index contributed by atoms with van der Waals surface area (Å²) in [4.78, 5) is 29.6. The van der Waals surface area contributed by atoms with E-state index in [1.165, 1.54) is 32.1 Å². The van der Waals surface area contributed by atoms with Gasteiger partial charge in [-0.1, -0.05) is 25.3 Å². The minimum Gasteiger partial charge on any atom is -0.348 e. The molecule has 0 saturated heterocycles. The Bertz CT molecular complexity index is 1030. The molecular formula is C21H26N4O2. The highest BCUT2D eigenvalue weighted by atomic mass is 16.2. The predicted octanol–water partition coefficient (Wildman–Crippen LogP) is 3.71. The minimum absolute atomic E-state index is 0.0483.